The molecule has 5 heteroatoms. The monoisotopic (exact) mass is 344 g/mol. The van der Waals surface area contributed by atoms with Crippen LogP contribution in [0.15, 0.2) is 60.7 Å². The van der Waals surface area contributed by atoms with Crippen LogP contribution in [0.25, 0.3) is 0 Å². The smallest absolute Gasteiger partial charge is 0.345 e. The summed E-state index contributed by atoms with van der Waals surface area (Å²) in [6.45, 7) is 0. The fourth-order valence-electron chi connectivity index (χ4n) is 1.79. The summed E-state index contributed by atoms with van der Waals surface area (Å²) in [4.78, 5) is 10.5. The third-order valence-corrected chi connectivity index (χ3v) is 3.43. The molecule has 19 heavy (non-hydrogen) atoms. The number of halogens is 2. The Morgan fingerprint density at radius 3 is 1.58 bits per heavy atom. The van der Waals surface area contributed by atoms with Crippen molar-refractivity contribution in [3.05, 3.63) is 71.8 Å². The minimum Gasteiger partial charge on any atom is -0.345 e. The number of hydrogen-bond donors (Lipinski definition) is 0. The van der Waals surface area contributed by atoms with Gasteiger partial charge >= 0.3 is 5.97 Å². The number of alkyl halides is 1. The molecule has 0 aliphatic heterocycles. The SMILES string of the molecule is O=C(OCl)C(Cl)(c1ccccc1)c1ccccc1.[Zn]. The van der Waals surface area contributed by atoms with Crippen LogP contribution < -0.4 is 0 Å². The molecule has 2 rings (SSSR count). The molecule has 2 aromatic rings. The van der Waals surface area contributed by atoms with Crippen molar-refractivity contribution in [3.8, 4) is 0 Å². The zero-order valence-electron chi connectivity index (χ0n) is 10.1. The van der Waals surface area contributed by atoms with E-state index in [0.29, 0.717) is 11.1 Å². The summed E-state index contributed by atoms with van der Waals surface area (Å²) in [5.74, 6) is -0.719. The minimum absolute atomic E-state index is 0. The molecule has 0 unspecified atom stereocenters. The van der Waals surface area contributed by atoms with Gasteiger partial charge in [0.05, 0.1) is 0 Å². The van der Waals surface area contributed by atoms with Crippen LogP contribution >= 0.6 is 23.5 Å². The minimum atomic E-state index is -1.43. The van der Waals surface area contributed by atoms with Gasteiger partial charge in [-0.3, -0.25) is 0 Å². The van der Waals surface area contributed by atoms with Crippen molar-refractivity contribution < 1.29 is 28.6 Å². The van der Waals surface area contributed by atoms with Crippen LogP contribution in [0.4, 0.5) is 0 Å². The van der Waals surface area contributed by atoms with E-state index in [1.807, 2.05) is 12.1 Å². The van der Waals surface area contributed by atoms with Gasteiger partial charge in [0, 0.05) is 19.5 Å². The van der Waals surface area contributed by atoms with Crippen molar-refractivity contribution in [2.75, 3.05) is 0 Å². The first-order chi connectivity index (χ1) is 8.69. The third kappa shape index (κ3) is 3.17. The fourth-order valence-corrected chi connectivity index (χ4v) is 2.24. The van der Waals surface area contributed by atoms with Crippen LogP contribution in [0.2, 0.25) is 0 Å². The second kappa shape index (κ2) is 7.05. The van der Waals surface area contributed by atoms with Crippen LogP contribution in [-0.2, 0) is 33.4 Å². The molecule has 0 atom stereocenters. The van der Waals surface area contributed by atoms with Gasteiger partial charge in [0.2, 0.25) is 0 Å². The van der Waals surface area contributed by atoms with Gasteiger partial charge in [-0.05, 0) is 11.1 Å². The summed E-state index contributed by atoms with van der Waals surface area (Å²) in [5.41, 5.74) is 1.23. The van der Waals surface area contributed by atoms with Gasteiger partial charge in [-0.25, -0.2) is 4.79 Å². The fraction of sp³-hybridized carbons (Fsp3) is 0.0714. The van der Waals surface area contributed by atoms with Gasteiger partial charge in [-0.15, -0.1) is 0 Å². The van der Waals surface area contributed by atoms with Gasteiger partial charge in [-0.1, -0.05) is 72.3 Å². The molecule has 0 N–H and O–H groups in total. The van der Waals surface area contributed by atoms with E-state index in [4.69, 9.17) is 23.5 Å². The third-order valence-electron chi connectivity index (χ3n) is 2.69. The van der Waals surface area contributed by atoms with Crippen molar-refractivity contribution in [2.24, 2.45) is 0 Å². The van der Waals surface area contributed by atoms with E-state index >= 15 is 0 Å². The standard InChI is InChI=1S/C14H10Cl2O2.Zn/c15-14(13(17)18-16,11-7-3-1-4-8-11)12-9-5-2-6-10-12;/h1-10H;. The Hall–Kier alpha value is -0.887. The number of benzene rings is 2. The Kier molecular flexibility index (Phi) is 6.00. The Bertz CT molecular complexity index is 492. The second-order valence-electron chi connectivity index (χ2n) is 3.76. The van der Waals surface area contributed by atoms with Crippen molar-refractivity contribution in [1.82, 2.24) is 0 Å². The Labute approximate surface area is 134 Å². The summed E-state index contributed by atoms with van der Waals surface area (Å²) in [7, 11) is 0. The molecule has 2 aromatic carbocycles. The van der Waals surface area contributed by atoms with E-state index in [-0.39, 0.29) is 19.5 Å². The average Bonchev–Trinajstić information content (AvgIpc) is 2.47. The van der Waals surface area contributed by atoms with Crippen molar-refractivity contribution in [2.45, 2.75) is 4.87 Å². The molecule has 0 fully saturated rings. The van der Waals surface area contributed by atoms with Gasteiger partial charge in [0.15, 0.2) is 4.87 Å². The average molecular weight is 347 g/mol. The Morgan fingerprint density at radius 2 is 1.26 bits per heavy atom. The van der Waals surface area contributed by atoms with Gasteiger partial charge in [0.25, 0.3) is 0 Å². The van der Waals surface area contributed by atoms with E-state index in [0.717, 1.165) is 0 Å². The first-order valence-electron chi connectivity index (χ1n) is 5.32. The quantitative estimate of drug-likeness (QED) is 0.623. The molecule has 0 saturated heterocycles. The van der Waals surface area contributed by atoms with E-state index < -0.39 is 10.8 Å². The summed E-state index contributed by atoms with van der Waals surface area (Å²) < 4.78 is 4.33. The number of carbonyl (C=O) groups excluding carboxylic acids is 1. The summed E-state index contributed by atoms with van der Waals surface area (Å²) in [6, 6.07) is 17.9. The van der Waals surface area contributed by atoms with Crippen LogP contribution in [0.1, 0.15) is 11.1 Å². The molecule has 0 aliphatic carbocycles. The molecule has 0 aliphatic rings. The Morgan fingerprint density at radius 1 is 0.895 bits per heavy atom. The van der Waals surface area contributed by atoms with Crippen molar-refractivity contribution in [1.29, 1.82) is 0 Å². The normalized spacial score (nSPS) is 10.4. The summed E-state index contributed by atoms with van der Waals surface area (Å²) in [6.07, 6.45) is 0. The zero-order valence-corrected chi connectivity index (χ0v) is 14.5. The summed E-state index contributed by atoms with van der Waals surface area (Å²) >= 11 is 11.7. The van der Waals surface area contributed by atoms with Crippen LogP contribution in [-0.4, -0.2) is 5.97 Å². The first kappa shape index (κ1) is 16.2. The van der Waals surface area contributed by atoms with Crippen molar-refractivity contribution in [3.63, 3.8) is 0 Å². The maximum atomic E-state index is 11.9. The topological polar surface area (TPSA) is 26.3 Å². The molecule has 0 bridgehead atoms. The molecule has 0 amide bonds. The maximum absolute atomic E-state index is 11.9. The maximum Gasteiger partial charge on any atom is 0.354 e. The predicted octanol–water partition coefficient (Wildman–Crippen LogP) is 3.86. The Balaban J connectivity index is 0.00000180. The van der Waals surface area contributed by atoms with Crippen LogP contribution in [0.5, 0.6) is 0 Å². The van der Waals surface area contributed by atoms with E-state index in [9.17, 15) is 4.79 Å². The van der Waals surface area contributed by atoms with Gasteiger partial charge < -0.3 is 4.29 Å². The molecule has 2 nitrogen and oxygen atoms in total. The molecule has 0 aromatic heterocycles. The number of rotatable bonds is 3. The second-order valence-corrected chi connectivity index (χ2v) is 4.48. The van der Waals surface area contributed by atoms with Crippen LogP contribution in [0, 0.1) is 0 Å². The summed E-state index contributed by atoms with van der Waals surface area (Å²) in [5, 5.41) is 0. The molecule has 0 radical (unpaired) electrons. The van der Waals surface area contributed by atoms with E-state index in [1.165, 1.54) is 0 Å². The van der Waals surface area contributed by atoms with E-state index in [2.05, 4.69) is 4.29 Å². The molecule has 0 heterocycles. The molecular weight excluding hydrogens is 336 g/mol. The van der Waals surface area contributed by atoms with Crippen LogP contribution in [0.3, 0.4) is 0 Å². The van der Waals surface area contributed by atoms with Crippen molar-refractivity contribution >= 4 is 29.4 Å². The zero-order chi connectivity index (χ0) is 13.0. The predicted molar refractivity (Wildman–Crippen MR) is 71.5 cm³/mol. The first-order valence-corrected chi connectivity index (χ1v) is 6.01. The number of hydrogen-bond acceptors (Lipinski definition) is 2. The number of carbonyl (C=O) groups is 1. The molecule has 94 valence electrons. The van der Waals surface area contributed by atoms with Gasteiger partial charge in [-0.2, -0.15) is 0 Å². The molecule has 0 spiro atoms. The van der Waals surface area contributed by atoms with Gasteiger partial charge in [0.1, 0.15) is 11.9 Å². The largest absolute Gasteiger partial charge is 0.354 e. The van der Waals surface area contributed by atoms with E-state index in [1.54, 1.807) is 48.5 Å². The molecular formula is C14H10Cl2O2Zn. The molecule has 0 saturated carbocycles.